The molecule has 1 rings (SSSR count). The normalized spacial score (nSPS) is 11.5. The number of nitrogens with one attached hydrogen (secondary N) is 1. The average Bonchev–Trinajstić information content (AvgIpc) is 2.84. The van der Waals surface area contributed by atoms with E-state index in [1.165, 1.54) is 10.9 Å². The van der Waals surface area contributed by atoms with Crippen LogP contribution in [-0.4, -0.2) is 39.2 Å². The maximum absolute atomic E-state index is 11.6. The molecule has 6 nitrogen and oxygen atoms in total. The molecule has 0 radical (unpaired) electrons. The van der Waals surface area contributed by atoms with E-state index in [2.05, 4.69) is 15.6 Å². The monoisotopic (exact) mass is 240 g/mol. The van der Waals surface area contributed by atoms with Crippen LogP contribution in [0.4, 0.5) is 0 Å². The fraction of sp³-hybridized carbons (Fsp3) is 0.727. The van der Waals surface area contributed by atoms with E-state index in [4.69, 9.17) is 0 Å². The molecule has 96 valence electrons. The Bertz CT molecular complexity index is 325. The summed E-state index contributed by atoms with van der Waals surface area (Å²) in [6.07, 6.45) is 4.84. The summed E-state index contributed by atoms with van der Waals surface area (Å²) in [4.78, 5) is 11.6. The van der Waals surface area contributed by atoms with E-state index in [1.807, 2.05) is 13.8 Å². The molecule has 0 aromatic carbocycles. The van der Waals surface area contributed by atoms with Gasteiger partial charge in [-0.15, -0.1) is 5.10 Å². The Kier molecular flexibility index (Phi) is 5.09. The zero-order valence-corrected chi connectivity index (χ0v) is 10.4. The fourth-order valence-corrected chi connectivity index (χ4v) is 1.59. The van der Waals surface area contributed by atoms with Gasteiger partial charge in [-0.3, -0.25) is 4.79 Å². The number of hydrogen-bond acceptors (Lipinski definition) is 4. The highest BCUT2D eigenvalue weighted by Crippen LogP contribution is 2.24. The summed E-state index contributed by atoms with van der Waals surface area (Å²) in [6, 6.07) is 0. The molecule has 1 aromatic rings. The van der Waals surface area contributed by atoms with E-state index in [0.29, 0.717) is 6.54 Å². The molecular formula is C11H20N4O2. The van der Waals surface area contributed by atoms with E-state index >= 15 is 0 Å². The lowest BCUT2D eigenvalue weighted by atomic mass is 9.83. The minimum absolute atomic E-state index is 0.0869. The Morgan fingerprint density at radius 3 is 2.65 bits per heavy atom. The second-order valence-corrected chi connectivity index (χ2v) is 4.24. The molecule has 0 aliphatic rings. The fourth-order valence-electron chi connectivity index (χ4n) is 1.59. The molecule has 0 fully saturated rings. The quantitative estimate of drug-likeness (QED) is 0.713. The highest BCUT2D eigenvalue weighted by atomic mass is 16.3. The van der Waals surface area contributed by atoms with Crippen LogP contribution in [0.1, 0.15) is 26.7 Å². The van der Waals surface area contributed by atoms with Gasteiger partial charge >= 0.3 is 0 Å². The third kappa shape index (κ3) is 3.81. The van der Waals surface area contributed by atoms with Crippen molar-refractivity contribution in [3.8, 4) is 0 Å². The predicted molar refractivity (Wildman–Crippen MR) is 63.1 cm³/mol. The molecule has 0 unspecified atom stereocenters. The number of aliphatic hydroxyl groups is 1. The van der Waals surface area contributed by atoms with Crippen LogP contribution in [0.3, 0.4) is 0 Å². The molecule has 0 saturated heterocycles. The van der Waals surface area contributed by atoms with Crippen molar-refractivity contribution in [2.45, 2.75) is 33.2 Å². The molecule has 0 atom stereocenters. The van der Waals surface area contributed by atoms with Crippen molar-refractivity contribution >= 4 is 5.91 Å². The van der Waals surface area contributed by atoms with E-state index in [1.54, 1.807) is 6.20 Å². The van der Waals surface area contributed by atoms with Crippen LogP contribution < -0.4 is 5.32 Å². The largest absolute Gasteiger partial charge is 0.396 e. The second-order valence-electron chi connectivity index (χ2n) is 4.24. The van der Waals surface area contributed by atoms with Gasteiger partial charge in [-0.25, -0.2) is 4.68 Å². The lowest BCUT2D eigenvalue weighted by Crippen LogP contribution is -2.40. The Balaban J connectivity index is 2.41. The van der Waals surface area contributed by atoms with Gasteiger partial charge in [0, 0.05) is 18.2 Å². The van der Waals surface area contributed by atoms with E-state index in [0.717, 1.165) is 12.8 Å². The van der Waals surface area contributed by atoms with Gasteiger partial charge in [0.15, 0.2) is 0 Å². The Hall–Kier alpha value is -1.43. The van der Waals surface area contributed by atoms with Crippen molar-refractivity contribution in [1.29, 1.82) is 0 Å². The maximum Gasteiger partial charge on any atom is 0.241 e. The molecule has 0 spiro atoms. The molecular weight excluding hydrogens is 220 g/mol. The first-order valence-electron chi connectivity index (χ1n) is 5.87. The molecule has 2 N–H and O–H groups in total. The second kappa shape index (κ2) is 6.34. The number of aliphatic hydroxyl groups excluding tert-OH is 1. The lowest BCUT2D eigenvalue weighted by Gasteiger charge is -2.29. The third-order valence-electron chi connectivity index (χ3n) is 3.27. The van der Waals surface area contributed by atoms with Crippen molar-refractivity contribution < 1.29 is 9.90 Å². The Labute approximate surface area is 101 Å². The summed E-state index contributed by atoms with van der Waals surface area (Å²) in [5.74, 6) is -0.116. The number of amides is 1. The summed E-state index contributed by atoms with van der Waals surface area (Å²) >= 11 is 0. The third-order valence-corrected chi connectivity index (χ3v) is 3.27. The molecule has 0 bridgehead atoms. The zero-order chi connectivity index (χ0) is 12.7. The van der Waals surface area contributed by atoms with Gasteiger partial charge in [-0.1, -0.05) is 19.1 Å². The Morgan fingerprint density at radius 1 is 1.47 bits per heavy atom. The smallest absolute Gasteiger partial charge is 0.241 e. The molecule has 1 aromatic heterocycles. The lowest BCUT2D eigenvalue weighted by molar-refractivity contribution is -0.122. The summed E-state index contributed by atoms with van der Waals surface area (Å²) in [7, 11) is 0. The molecule has 0 aliphatic heterocycles. The van der Waals surface area contributed by atoms with Crippen molar-refractivity contribution in [3.63, 3.8) is 0 Å². The van der Waals surface area contributed by atoms with Gasteiger partial charge < -0.3 is 10.4 Å². The van der Waals surface area contributed by atoms with Crippen LogP contribution in [0.15, 0.2) is 12.4 Å². The molecule has 0 saturated carbocycles. The van der Waals surface area contributed by atoms with Gasteiger partial charge in [0.25, 0.3) is 0 Å². The standard InChI is InChI=1S/C11H20N4O2/c1-3-11(4-2,9-16)8-12-10(17)7-15-6-5-13-14-15/h5-6,16H,3-4,7-9H2,1-2H3,(H,12,17). The average molecular weight is 240 g/mol. The summed E-state index contributed by atoms with van der Waals surface area (Å²) in [5, 5.41) is 19.5. The summed E-state index contributed by atoms with van der Waals surface area (Å²) in [6.45, 7) is 4.77. The number of hydrogen-bond donors (Lipinski definition) is 2. The number of carbonyl (C=O) groups is 1. The van der Waals surface area contributed by atoms with Gasteiger partial charge in [0.1, 0.15) is 6.54 Å². The van der Waals surface area contributed by atoms with Crippen molar-refractivity contribution in [2.24, 2.45) is 5.41 Å². The molecule has 6 heteroatoms. The van der Waals surface area contributed by atoms with E-state index in [9.17, 15) is 9.90 Å². The summed E-state index contributed by atoms with van der Waals surface area (Å²) in [5.41, 5.74) is -0.210. The van der Waals surface area contributed by atoms with E-state index in [-0.39, 0.29) is 24.5 Å². The zero-order valence-electron chi connectivity index (χ0n) is 10.4. The first-order chi connectivity index (χ1) is 8.15. The van der Waals surface area contributed by atoms with Crippen molar-refractivity contribution in [3.05, 3.63) is 12.4 Å². The number of rotatable bonds is 7. The number of carbonyl (C=O) groups excluding carboxylic acids is 1. The Morgan fingerprint density at radius 2 is 2.18 bits per heavy atom. The number of nitrogens with zero attached hydrogens (tertiary/aromatic N) is 3. The highest BCUT2D eigenvalue weighted by molar-refractivity contribution is 5.75. The van der Waals surface area contributed by atoms with Crippen LogP contribution in [0, 0.1) is 5.41 Å². The molecule has 0 aliphatic carbocycles. The first-order valence-corrected chi connectivity index (χ1v) is 5.87. The van der Waals surface area contributed by atoms with Gasteiger partial charge in [0.05, 0.1) is 12.8 Å². The summed E-state index contributed by atoms with van der Waals surface area (Å²) < 4.78 is 1.47. The van der Waals surface area contributed by atoms with Crippen LogP contribution in [-0.2, 0) is 11.3 Å². The van der Waals surface area contributed by atoms with Crippen molar-refractivity contribution in [1.82, 2.24) is 20.3 Å². The number of aromatic nitrogens is 3. The van der Waals surface area contributed by atoms with Crippen molar-refractivity contribution in [2.75, 3.05) is 13.2 Å². The highest BCUT2D eigenvalue weighted by Gasteiger charge is 2.25. The maximum atomic E-state index is 11.6. The van der Waals surface area contributed by atoms with Crippen LogP contribution >= 0.6 is 0 Å². The van der Waals surface area contributed by atoms with Gasteiger partial charge in [-0.2, -0.15) is 0 Å². The van der Waals surface area contributed by atoms with E-state index < -0.39 is 0 Å². The van der Waals surface area contributed by atoms with Gasteiger partial charge in [0.2, 0.25) is 5.91 Å². The topological polar surface area (TPSA) is 80.0 Å². The van der Waals surface area contributed by atoms with Crippen LogP contribution in [0.5, 0.6) is 0 Å². The van der Waals surface area contributed by atoms with Gasteiger partial charge in [-0.05, 0) is 12.8 Å². The van der Waals surface area contributed by atoms with Crippen LogP contribution in [0.2, 0.25) is 0 Å². The minimum Gasteiger partial charge on any atom is -0.396 e. The molecule has 17 heavy (non-hydrogen) atoms. The SMILES string of the molecule is CCC(CC)(CO)CNC(=O)Cn1ccnn1. The molecule has 1 heterocycles. The first kappa shape index (κ1) is 13.6. The minimum atomic E-state index is -0.210. The predicted octanol–water partition coefficient (Wildman–Crippen LogP) is 0.193. The molecule has 1 amide bonds. The van der Waals surface area contributed by atoms with Crippen LogP contribution in [0.25, 0.3) is 0 Å².